The highest BCUT2D eigenvalue weighted by atomic mass is 16.3. The van der Waals surface area contributed by atoms with Crippen molar-refractivity contribution in [2.45, 2.75) is 26.2 Å². The van der Waals surface area contributed by atoms with Gasteiger partial charge in [0.25, 0.3) is 5.56 Å². The molecule has 0 saturated heterocycles. The molecule has 25 heavy (non-hydrogen) atoms. The van der Waals surface area contributed by atoms with Crippen molar-refractivity contribution >= 4 is 17.0 Å². The van der Waals surface area contributed by atoms with Gasteiger partial charge in [0.15, 0.2) is 5.65 Å². The lowest BCUT2D eigenvalue weighted by molar-refractivity contribution is 0.289. The average molecular weight is 341 g/mol. The molecule has 3 rings (SSSR count). The normalized spacial score (nSPS) is 11.1. The Balaban J connectivity index is 2.05. The lowest BCUT2D eigenvalue weighted by atomic mass is 10.3. The monoisotopic (exact) mass is 341 g/mol. The zero-order valence-electron chi connectivity index (χ0n) is 14.4. The molecule has 3 aromatic rings. The third-order valence-corrected chi connectivity index (χ3v) is 4.09. The molecule has 2 heterocycles. The standard InChI is InChI=1S/C18H23N5O2/c1-2-3-10-22(11-7-12-24)18-20-16-15(17(25)21-18)13-19-23(16)14-8-5-4-6-9-14/h4-6,8-9,13,24H,2-3,7,10-12H2,1H3,(H,20,21,25). The molecule has 2 aromatic heterocycles. The first kappa shape index (κ1) is 17.2. The number of para-hydroxylation sites is 1. The van der Waals surface area contributed by atoms with Crippen molar-refractivity contribution in [1.29, 1.82) is 0 Å². The zero-order chi connectivity index (χ0) is 17.6. The van der Waals surface area contributed by atoms with Crippen LogP contribution < -0.4 is 10.5 Å². The summed E-state index contributed by atoms with van der Waals surface area (Å²) in [6.07, 6.45) is 4.21. The van der Waals surface area contributed by atoms with E-state index in [-0.39, 0.29) is 12.2 Å². The summed E-state index contributed by atoms with van der Waals surface area (Å²) in [5, 5.41) is 13.9. The molecule has 0 saturated carbocycles. The number of nitrogens with zero attached hydrogens (tertiary/aromatic N) is 4. The number of rotatable bonds is 8. The van der Waals surface area contributed by atoms with Crippen LogP contribution in [0.1, 0.15) is 26.2 Å². The highest BCUT2D eigenvalue weighted by Gasteiger charge is 2.15. The van der Waals surface area contributed by atoms with Gasteiger partial charge in [0, 0.05) is 19.7 Å². The van der Waals surface area contributed by atoms with E-state index in [1.165, 1.54) is 0 Å². The number of hydrogen-bond donors (Lipinski definition) is 2. The largest absolute Gasteiger partial charge is 0.396 e. The first-order valence-electron chi connectivity index (χ1n) is 8.64. The summed E-state index contributed by atoms with van der Waals surface area (Å²) in [5.41, 5.74) is 1.19. The van der Waals surface area contributed by atoms with E-state index in [0.717, 1.165) is 25.1 Å². The molecule has 132 valence electrons. The Bertz CT molecular complexity index is 864. The summed E-state index contributed by atoms with van der Waals surface area (Å²) < 4.78 is 1.68. The average Bonchev–Trinajstić information content (AvgIpc) is 3.07. The molecule has 0 bridgehead atoms. The number of hydrogen-bond acceptors (Lipinski definition) is 5. The van der Waals surface area contributed by atoms with E-state index in [0.29, 0.717) is 29.9 Å². The second-order valence-electron chi connectivity index (χ2n) is 5.94. The van der Waals surface area contributed by atoms with Crippen LogP contribution in [0.5, 0.6) is 0 Å². The fourth-order valence-electron chi connectivity index (χ4n) is 2.75. The van der Waals surface area contributed by atoms with E-state index in [2.05, 4.69) is 22.0 Å². The van der Waals surface area contributed by atoms with Crippen LogP contribution in [-0.2, 0) is 0 Å². The summed E-state index contributed by atoms with van der Waals surface area (Å²) in [7, 11) is 0. The Morgan fingerprint density at radius 2 is 1.96 bits per heavy atom. The highest BCUT2D eigenvalue weighted by Crippen LogP contribution is 2.16. The summed E-state index contributed by atoms with van der Waals surface area (Å²) >= 11 is 0. The molecule has 0 spiro atoms. The molecule has 2 N–H and O–H groups in total. The topological polar surface area (TPSA) is 87.0 Å². The Morgan fingerprint density at radius 3 is 2.68 bits per heavy atom. The lowest BCUT2D eigenvalue weighted by Gasteiger charge is -2.22. The van der Waals surface area contributed by atoms with Crippen molar-refractivity contribution < 1.29 is 5.11 Å². The number of aliphatic hydroxyl groups excluding tert-OH is 1. The van der Waals surface area contributed by atoms with E-state index in [9.17, 15) is 4.79 Å². The number of aromatic amines is 1. The number of nitrogens with one attached hydrogen (secondary N) is 1. The molecule has 0 aliphatic rings. The molecule has 0 fully saturated rings. The van der Waals surface area contributed by atoms with Crippen LogP contribution in [0.25, 0.3) is 16.7 Å². The van der Waals surface area contributed by atoms with Crippen LogP contribution in [0.4, 0.5) is 5.95 Å². The Labute approximate surface area is 145 Å². The number of unbranched alkanes of at least 4 members (excludes halogenated alkanes) is 1. The molecular weight excluding hydrogens is 318 g/mol. The van der Waals surface area contributed by atoms with Gasteiger partial charge in [-0.3, -0.25) is 9.78 Å². The van der Waals surface area contributed by atoms with Gasteiger partial charge in [0.2, 0.25) is 5.95 Å². The first-order valence-corrected chi connectivity index (χ1v) is 8.64. The fourth-order valence-corrected chi connectivity index (χ4v) is 2.75. The van der Waals surface area contributed by atoms with Crippen molar-refractivity contribution in [3.05, 3.63) is 46.9 Å². The number of aromatic nitrogens is 4. The Kier molecular flexibility index (Phi) is 5.45. The molecule has 0 radical (unpaired) electrons. The van der Waals surface area contributed by atoms with Crippen molar-refractivity contribution in [2.24, 2.45) is 0 Å². The van der Waals surface area contributed by atoms with Gasteiger partial charge in [-0.05, 0) is 25.0 Å². The van der Waals surface area contributed by atoms with Gasteiger partial charge in [-0.15, -0.1) is 0 Å². The van der Waals surface area contributed by atoms with Gasteiger partial charge in [-0.2, -0.15) is 10.1 Å². The fraction of sp³-hybridized carbons (Fsp3) is 0.389. The summed E-state index contributed by atoms with van der Waals surface area (Å²) in [4.78, 5) is 22.0. The van der Waals surface area contributed by atoms with E-state index in [4.69, 9.17) is 5.11 Å². The predicted molar refractivity (Wildman–Crippen MR) is 98.3 cm³/mol. The minimum atomic E-state index is -0.201. The zero-order valence-corrected chi connectivity index (χ0v) is 14.4. The number of anilines is 1. The number of H-pyrrole nitrogens is 1. The molecule has 0 aliphatic carbocycles. The number of aliphatic hydroxyl groups is 1. The number of fused-ring (bicyclic) bond motifs is 1. The van der Waals surface area contributed by atoms with Gasteiger partial charge < -0.3 is 10.0 Å². The minimum absolute atomic E-state index is 0.108. The highest BCUT2D eigenvalue weighted by molar-refractivity contribution is 5.76. The molecule has 0 unspecified atom stereocenters. The van der Waals surface area contributed by atoms with E-state index in [1.54, 1.807) is 10.9 Å². The van der Waals surface area contributed by atoms with Crippen LogP contribution in [0.2, 0.25) is 0 Å². The molecule has 1 aromatic carbocycles. The third-order valence-electron chi connectivity index (χ3n) is 4.09. The van der Waals surface area contributed by atoms with Crippen molar-refractivity contribution in [3.8, 4) is 5.69 Å². The molecule has 7 nitrogen and oxygen atoms in total. The third kappa shape index (κ3) is 3.71. The molecule has 0 aliphatic heterocycles. The van der Waals surface area contributed by atoms with Crippen LogP contribution in [0.15, 0.2) is 41.3 Å². The minimum Gasteiger partial charge on any atom is -0.396 e. The van der Waals surface area contributed by atoms with Gasteiger partial charge in [-0.1, -0.05) is 31.5 Å². The van der Waals surface area contributed by atoms with E-state index < -0.39 is 0 Å². The molecular formula is C18H23N5O2. The van der Waals surface area contributed by atoms with Gasteiger partial charge in [-0.25, -0.2) is 4.68 Å². The maximum Gasteiger partial charge on any atom is 0.263 e. The second kappa shape index (κ2) is 7.94. The van der Waals surface area contributed by atoms with Crippen LogP contribution in [0.3, 0.4) is 0 Å². The smallest absolute Gasteiger partial charge is 0.263 e. The van der Waals surface area contributed by atoms with Crippen LogP contribution >= 0.6 is 0 Å². The Morgan fingerprint density at radius 1 is 1.20 bits per heavy atom. The quantitative estimate of drug-likeness (QED) is 0.655. The van der Waals surface area contributed by atoms with Crippen molar-refractivity contribution in [1.82, 2.24) is 19.7 Å². The lowest BCUT2D eigenvalue weighted by Crippen LogP contribution is -2.30. The first-order chi connectivity index (χ1) is 12.2. The Hall–Kier alpha value is -2.67. The molecule has 0 atom stereocenters. The SMILES string of the molecule is CCCCN(CCCO)c1nc2c(cnn2-c2ccccc2)c(=O)[nH]1. The summed E-state index contributed by atoms with van der Waals surface area (Å²) in [6, 6.07) is 9.63. The maximum absolute atomic E-state index is 12.5. The van der Waals surface area contributed by atoms with Crippen molar-refractivity contribution in [2.75, 3.05) is 24.6 Å². The second-order valence-corrected chi connectivity index (χ2v) is 5.94. The van der Waals surface area contributed by atoms with Crippen LogP contribution in [0, 0.1) is 0 Å². The maximum atomic E-state index is 12.5. The summed E-state index contributed by atoms with van der Waals surface area (Å²) in [6.45, 7) is 3.65. The van der Waals surface area contributed by atoms with Gasteiger partial charge >= 0.3 is 0 Å². The van der Waals surface area contributed by atoms with Crippen LogP contribution in [-0.4, -0.2) is 44.6 Å². The van der Waals surface area contributed by atoms with E-state index >= 15 is 0 Å². The predicted octanol–water partition coefficient (Wildman–Crippen LogP) is 2.10. The van der Waals surface area contributed by atoms with E-state index in [1.807, 2.05) is 35.2 Å². The number of benzene rings is 1. The molecule has 0 amide bonds. The van der Waals surface area contributed by atoms with Gasteiger partial charge in [0.1, 0.15) is 5.39 Å². The summed E-state index contributed by atoms with van der Waals surface area (Å²) in [5.74, 6) is 0.525. The molecule has 7 heteroatoms. The van der Waals surface area contributed by atoms with Crippen molar-refractivity contribution in [3.63, 3.8) is 0 Å². The van der Waals surface area contributed by atoms with Gasteiger partial charge in [0.05, 0.1) is 11.9 Å².